The Morgan fingerprint density at radius 3 is 2.74 bits per heavy atom. The number of rotatable bonds is 5. The maximum absolute atomic E-state index is 9.45. The zero-order valence-electron chi connectivity index (χ0n) is 13.9. The van der Waals surface area contributed by atoms with E-state index in [0.717, 1.165) is 49.3 Å². The Kier molecular flexibility index (Phi) is 5.21. The predicted octanol–water partition coefficient (Wildman–Crippen LogP) is 2.12. The molecule has 1 saturated heterocycles. The van der Waals surface area contributed by atoms with Crippen LogP contribution in [0.25, 0.3) is 11.0 Å². The number of imidazole rings is 1. The van der Waals surface area contributed by atoms with Gasteiger partial charge in [0, 0.05) is 24.7 Å². The van der Waals surface area contributed by atoms with Crippen molar-refractivity contribution >= 4 is 22.6 Å². The zero-order chi connectivity index (χ0) is 16.4. The molecule has 0 bridgehead atoms. The Balaban J connectivity index is 1.81. The normalized spacial score (nSPS) is 17.4. The molecule has 5 nitrogen and oxygen atoms in total. The fourth-order valence-electron chi connectivity index (χ4n) is 3.43. The molecule has 3 rings (SSSR count). The molecular formula is C17H25ClN4O. The highest BCUT2D eigenvalue weighted by molar-refractivity contribution is 6.31. The van der Waals surface area contributed by atoms with Gasteiger partial charge in [0.15, 0.2) is 0 Å². The van der Waals surface area contributed by atoms with Crippen LogP contribution in [0.1, 0.15) is 18.7 Å². The fourth-order valence-corrected chi connectivity index (χ4v) is 3.59. The molecule has 0 unspecified atom stereocenters. The maximum atomic E-state index is 9.45. The van der Waals surface area contributed by atoms with Crippen molar-refractivity contribution < 1.29 is 5.11 Å². The largest absolute Gasteiger partial charge is 0.395 e. The lowest BCUT2D eigenvalue weighted by Crippen LogP contribution is -2.44. The Morgan fingerprint density at radius 1 is 1.30 bits per heavy atom. The predicted molar refractivity (Wildman–Crippen MR) is 93.7 cm³/mol. The van der Waals surface area contributed by atoms with E-state index < -0.39 is 0 Å². The second-order valence-electron chi connectivity index (χ2n) is 6.45. The SMILES string of the molecule is CN1CCC(N(CCO)Cc2nc3cc(Cl)ccc3n2C)CC1. The summed E-state index contributed by atoms with van der Waals surface area (Å²) in [7, 11) is 4.21. The summed E-state index contributed by atoms with van der Waals surface area (Å²) in [5.74, 6) is 1.02. The molecule has 0 radical (unpaired) electrons. The molecule has 6 heteroatoms. The molecule has 23 heavy (non-hydrogen) atoms. The van der Waals surface area contributed by atoms with Crippen molar-refractivity contribution in [1.29, 1.82) is 0 Å². The lowest BCUT2D eigenvalue weighted by molar-refractivity contribution is 0.0914. The number of piperidine rings is 1. The van der Waals surface area contributed by atoms with Crippen LogP contribution < -0.4 is 0 Å². The Bertz CT molecular complexity index is 664. The van der Waals surface area contributed by atoms with Crippen LogP contribution in [-0.2, 0) is 13.6 Å². The molecule has 1 N–H and O–H groups in total. The standard InChI is InChI=1S/C17H25ClN4O/c1-20-7-5-14(6-8-20)22(9-10-23)12-17-19-15-11-13(18)3-4-16(15)21(17)2/h3-4,11,14,23H,5-10,12H2,1-2H3. The lowest BCUT2D eigenvalue weighted by atomic mass is 10.0. The number of likely N-dealkylation sites (tertiary alicyclic amines) is 1. The lowest BCUT2D eigenvalue weighted by Gasteiger charge is -2.36. The highest BCUT2D eigenvalue weighted by Crippen LogP contribution is 2.22. The average molecular weight is 337 g/mol. The van der Waals surface area contributed by atoms with Gasteiger partial charge in [0.2, 0.25) is 0 Å². The number of aliphatic hydroxyl groups excluding tert-OH is 1. The van der Waals surface area contributed by atoms with Crippen LogP contribution in [0.4, 0.5) is 0 Å². The molecule has 0 spiro atoms. The van der Waals surface area contributed by atoms with Crippen molar-refractivity contribution in [3.05, 3.63) is 29.0 Å². The third kappa shape index (κ3) is 3.69. The van der Waals surface area contributed by atoms with E-state index in [2.05, 4.69) is 21.4 Å². The van der Waals surface area contributed by atoms with Crippen LogP contribution in [0.5, 0.6) is 0 Å². The first-order valence-electron chi connectivity index (χ1n) is 8.23. The molecule has 0 atom stereocenters. The van der Waals surface area contributed by atoms with E-state index in [1.807, 2.05) is 25.2 Å². The number of fused-ring (bicyclic) bond motifs is 1. The number of aliphatic hydroxyl groups is 1. The number of hydrogen-bond acceptors (Lipinski definition) is 4. The van der Waals surface area contributed by atoms with E-state index in [1.165, 1.54) is 0 Å². The third-order valence-corrected chi connectivity index (χ3v) is 5.11. The Labute approximate surface area is 142 Å². The van der Waals surface area contributed by atoms with E-state index in [-0.39, 0.29) is 6.61 Å². The Morgan fingerprint density at radius 2 is 2.04 bits per heavy atom. The van der Waals surface area contributed by atoms with Crippen molar-refractivity contribution in [1.82, 2.24) is 19.4 Å². The summed E-state index contributed by atoms with van der Waals surface area (Å²) in [6, 6.07) is 6.34. The molecule has 1 aromatic heterocycles. The first-order valence-corrected chi connectivity index (χ1v) is 8.60. The van der Waals surface area contributed by atoms with Gasteiger partial charge in [-0.2, -0.15) is 0 Å². The summed E-state index contributed by atoms with van der Waals surface area (Å²) in [4.78, 5) is 9.49. The van der Waals surface area contributed by atoms with Gasteiger partial charge in [-0.05, 0) is 51.2 Å². The van der Waals surface area contributed by atoms with Gasteiger partial charge < -0.3 is 14.6 Å². The number of halogens is 1. The number of hydrogen-bond donors (Lipinski definition) is 1. The molecule has 1 aliphatic heterocycles. The molecule has 1 aliphatic rings. The topological polar surface area (TPSA) is 44.5 Å². The second kappa shape index (κ2) is 7.18. The minimum Gasteiger partial charge on any atom is -0.395 e. The zero-order valence-corrected chi connectivity index (χ0v) is 14.6. The van der Waals surface area contributed by atoms with E-state index in [4.69, 9.17) is 16.6 Å². The summed E-state index contributed by atoms with van der Waals surface area (Å²) < 4.78 is 2.13. The highest BCUT2D eigenvalue weighted by atomic mass is 35.5. The van der Waals surface area contributed by atoms with E-state index in [0.29, 0.717) is 17.6 Å². The summed E-state index contributed by atoms with van der Waals surface area (Å²) in [6.07, 6.45) is 2.29. The number of aromatic nitrogens is 2. The summed E-state index contributed by atoms with van der Waals surface area (Å²) in [6.45, 7) is 3.87. The Hall–Kier alpha value is -1.14. The van der Waals surface area contributed by atoms with Gasteiger partial charge in [0.1, 0.15) is 5.82 Å². The number of aryl methyl sites for hydroxylation is 1. The van der Waals surface area contributed by atoms with E-state index in [1.54, 1.807) is 0 Å². The van der Waals surface area contributed by atoms with Crippen LogP contribution in [0.3, 0.4) is 0 Å². The first-order chi connectivity index (χ1) is 11.1. The quantitative estimate of drug-likeness (QED) is 0.908. The van der Waals surface area contributed by atoms with Crippen molar-refractivity contribution in [2.24, 2.45) is 7.05 Å². The summed E-state index contributed by atoms with van der Waals surface area (Å²) >= 11 is 6.07. The van der Waals surface area contributed by atoms with Gasteiger partial charge in [-0.1, -0.05) is 11.6 Å². The number of benzene rings is 1. The molecule has 126 valence electrons. The van der Waals surface area contributed by atoms with Gasteiger partial charge in [-0.15, -0.1) is 0 Å². The summed E-state index contributed by atoms with van der Waals surface area (Å²) in [5.41, 5.74) is 2.03. The molecular weight excluding hydrogens is 312 g/mol. The minimum atomic E-state index is 0.183. The van der Waals surface area contributed by atoms with Crippen molar-refractivity contribution in [2.75, 3.05) is 33.3 Å². The first kappa shape index (κ1) is 16.7. The average Bonchev–Trinajstić information content (AvgIpc) is 2.83. The minimum absolute atomic E-state index is 0.183. The van der Waals surface area contributed by atoms with Crippen LogP contribution >= 0.6 is 11.6 Å². The third-order valence-electron chi connectivity index (χ3n) is 4.87. The van der Waals surface area contributed by atoms with Crippen LogP contribution in [0.15, 0.2) is 18.2 Å². The highest BCUT2D eigenvalue weighted by Gasteiger charge is 2.24. The number of nitrogens with zero attached hydrogens (tertiary/aromatic N) is 4. The molecule has 2 aromatic rings. The van der Waals surface area contributed by atoms with Crippen LogP contribution in [0.2, 0.25) is 5.02 Å². The molecule has 0 amide bonds. The van der Waals surface area contributed by atoms with Gasteiger partial charge in [-0.3, -0.25) is 4.90 Å². The van der Waals surface area contributed by atoms with Crippen molar-refractivity contribution in [3.63, 3.8) is 0 Å². The molecule has 0 saturated carbocycles. The van der Waals surface area contributed by atoms with E-state index in [9.17, 15) is 5.11 Å². The van der Waals surface area contributed by atoms with Gasteiger partial charge in [-0.25, -0.2) is 4.98 Å². The van der Waals surface area contributed by atoms with Crippen LogP contribution in [0, 0.1) is 0 Å². The van der Waals surface area contributed by atoms with Crippen molar-refractivity contribution in [3.8, 4) is 0 Å². The maximum Gasteiger partial charge on any atom is 0.123 e. The monoisotopic (exact) mass is 336 g/mol. The molecule has 0 aliphatic carbocycles. The summed E-state index contributed by atoms with van der Waals surface area (Å²) in [5, 5.41) is 10.2. The van der Waals surface area contributed by atoms with E-state index >= 15 is 0 Å². The molecule has 2 heterocycles. The van der Waals surface area contributed by atoms with Crippen LogP contribution in [-0.4, -0.2) is 63.8 Å². The van der Waals surface area contributed by atoms with Crippen molar-refractivity contribution in [2.45, 2.75) is 25.4 Å². The molecule has 1 fully saturated rings. The second-order valence-corrected chi connectivity index (χ2v) is 6.89. The van der Waals surface area contributed by atoms with Gasteiger partial charge >= 0.3 is 0 Å². The smallest absolute Gasteiger partial charge is 0.123 e. The van der Waals surface area contributed by atoms with Gasteiger partial charge in [0.25, 0.3) is 0 Å². The molecule has 1 aromatic carbocycles. The fraction of sp³-hybridized carbons (Fsp3) is 0.588. The van der Waals surface area contributed by atoms with Gasteiger partial charge in [0.05, 0.1) is 24.2 Å².